The van der Waals surface area contributed by atoms with Gasteiger partial charge < -0.3 is 15.7 Å². The van der Waals surface area contributed by atoms with Gasteiger partial charge in [-0.05, 0) is 67.5 Å². The van der Waals surface area contributed by atoms with Crippen molar-refractivity contribution in [1.29, 1.82) is 0 Å². The van der Waals surface area contributed by atoms with Crippen LogP contribution in [0.4, 0.5) is 10.2 Å². The molecule has 1 aliphatic heterocycles. The Labute approximate surface area is 181 Å². The van der Waals surface area contributed by atoms with Gasteiger partial charge in [-0.2, -0.15) is 0 Å². The monoisotopic (exact) mass is 428 g/mol. The fraction of sp³-hybridized carbons (Fsp3) is 0.391. The van der Waals surface area contributed by atoms with Crippen LogP contribution in [0.1, 0.15) is 49.3 Å². The first-order valence-electron chi connectivity index (χ1n) is 10.4. The topological polar surface area (TPSA) is 69.5 Å². The molecule has 1 saturated carbocycles. The summed E-state index contributed by atoms with van der Waals surface area (Å²) in [5, 5.41) is 17.2. The number of nitrogens with one attached hydrogen (secondary N) is 2. The Kier molecular flexibility index (Phi) is 6.65. The Balaban J connectivity index is 1.44. The van der Waals surface area contributed by atoms with Gasteiger partial charge in [0.25, 0.3) is 0 Å². The van der Waals surface area contributed by atoms with E-state index in [1.165, 1.54) is 12.1 Å². The lowest BCUT2D eigenvalue weighted by atomic mass is 9.93. The second-order valence-electron chi connectivity index (χ2n) is 7.91. The fourth-order valence-corrected chi connectivity index (χ4v) is 4.18. The van der Waals surface area contributed by atoms with Crippen LogP contribution in [-0.4, -0.2) is 28.1 Å². The van der Waals surface area contributed by atoms with Crippen LogP contribution < -0.4 is 10.6 Å². The number of pyridine rings is 1. The molecule has 1 aromatic carbocycles. The molecule has 3 N–H and O–H groups in total. The van der Waals surface area contributed by atoms with Crippen LogP contribution in [0.5, 0.6) is 0 Å². The number of benzene rings is 1. The predicted molar refractivity (Wildman–Crippen MR) is 118 cm³/mol. The number of rotatable bonds is 5. The third kappa shape index (κ3) is 5.37. The molecule has 0 radical (unpaired) electrons. The van der Waals surface area contributed by atoms with Crippen molar-refractivity contribution in [3.05, 3.63) is 70.6 Å². The third-order valence-corrected chi connectivity index (χ3v) is 5.92. The number of aliphatic hydroxyl groups excluding tert-OH is 1. The number of hydrogen-bond donors (Lipinski definition) is 3. The van der Waals surface area contributed by atoms with Crippen molar-refractivity contribution >= 4 is 23.3 Å². The van der Waals surface area contributed by atoms with Gasteiger partial charge in [-0.15, -0.1) is 0 Å². The SMILES string of the molecule is OC1CCC(Nc2cc(C3CC=CC(=NCc4cccc(F)c4)N3)c(Cl)cn2)CC1. The van der Waals surface area contributed by atoms with E-state index in [1.807, 2.05) is 18.2 Å². The highest BCUT2D eigenvalue weighted by Gasteiger charge is 2.22. The number of aliphatic imine (C=N–C) groups is 1. The van der Waals surface area contributed by atoms with Gasteiger partial charge in [-0.25, -0.2) is 9.37 Å². The van der Waals surface area contributed by atoms with Crippen molar-refractivity contribution in [3.8, 4) is 0 Å². The summed E-state index contributed by atoms with van der Waals surface area (Å²) in [6.07, 6.45) is 9.80. The number of anilines is 1. The van der Waals surface area contributed by atoms with Gasteiger partial charge in [-0.1, -0.05) is 29.8 Å². The number of halogens is 2. The van der Waals surface area contributed by atoms with E-state index >= 15 is 0 Å². The van der Waals surface area contributed by atoms with Crippen LogP contribution in [0.15, 0.2) is 53.7 Å². The number of aliphatic hydroxyl groups is 1. The molecule has 2 aliphatic rings. The zero-order valence-corrected chi connectivity index (χ0v) is 17.4. The predicted octanol–water partition coefficient (Wildman–Crippen LogP) is 4.78. The Morgan fingerprint density at radius 2 is 2.07 bits per heavy atom. The smallest absolute Gasteiger partial charge is 0.126 e. The maximum absolute atomic E-state index is 13.4. The molecule has 2 heterocycles. The van der Waals surface area contributed by atoms with Crippen LogP contribution in [0.3, 0.4) is 0 Å². The fourth-order valence-electron chi connectivity index (χ4n) is 3.95. The van der Waals surface area contributed by atoms with Gasteiger partial charge in [0.15, 0.2) is 0 Å². The summed E-state index contributed by atoms with van der Waals surface area (Å²) in [4.78, 5) is 9.01. The molecule has 4 rings (SSSR count). The Hall–Kier alpha value is -2.44. The summed E-state index contributed by atoms with van der Waals surface area (Å²) in [6.45, 7) is 0.404. The molecule has 0 spiro atoms. The molecule has 0 bridgehead atoms. The van der Waals surface area contributed by atoms with Gasteiger partial charge >= 0.3 is 0 Å². The number of amidine groups is 1. The maximum atomic E-state index is 13.4. The van der Waals surface area contributed by atoms with E-state index in [9.17, 15) is 9.50 Å². The highest BCUT2D eigenvalue weighted by atomic mass is 35.5. The lowest BCUT2D eigenvalue weighted by Crippen LogP contribution is -2.31. The molecule has 7 heteroatoms. The first kappa shape index (κ1) is 20.8. The molecule has 1 aliphatic carbocycles. The van der Waals surface area contributed by atoms with Gasteiger partial charge in [-0.3, -0.25) is 4.99 Å². The first-order valence-corrected chi connectivity index (χ1v) is 10.8. The van der Waals surface area contributed by atoms with Crippen LogP contribution >= 0.6 is 11.6 Å². The molecule has 1 atom stereocenters. The van der Waals surface area contributed by atoms with Crippen LogP contribution in [0.2, 0.25) is 5.02 Å². The lowest BCUT2D eigenvalue weighted by molar-refractivity contribution is 0.126. The van der Waals surface area contributed by atoms with E-state index in [2.05, 4.69) is 26.7 Å². The molecule has 30 heavy (non-hydrogen) atoms. The standard InChI is InChI=1S/C23H26ClFN4O/c24-20-14-27-23(28-17-7-9-18(30)10-8-17)12-19(20)21-5-2-6-22(29-21)26-13-15-3-1-4-16(25)11-15/h1-4,6,11-12,14,17-18,21,30H,5,7-10,13H2,(H,26,29)(H,27,28). The molecule has 158 valence electrons. The molecular formula is C23H26ClFN4O. The van der Waals surface area contributed by atoms with E-state index in [0.29, 0.717) is 17.6 Å². The molecule has 1 unspecified atom stereocenters. The number of hydrogen-bond acceptors (Lipinski definition) is 4. The van der Waals surface area contributed by atoms with Crippen LogP contribution in [0, 0.1) is 5.82 Å². The summed E-state index contributed by atoms with van der Waals surface area (Å²) in [5.74, 6) is 1.29. The van der Waals surface area contributed by atoms with E-state index in [-0.39, 0.29) is 18.0 Å². The molecule has 0 amide bonds. The summed E-state index contributed by atoms with van der Waals surface area (Å²) in [7, 11) is 0. The second-order valence-corrected chi connectivity index (χ2v) is 8.31. The van der Waals surface area contributed by atoms with Gasteiger partial charge in [0.2, 0.25) is 0 Å². The third-order valence-electron chi connectivity index (χ3n) is 5.60. The van der Waals surface area contributed by atoms with Crippen molar-refractivity contribution < 1.29 is 9.50 Å². The number of nitrogens with zero attached hydrogens (tertiary/aromatic N) is 2. The Bertz CT molecular complexity index is 941. The summed E-state index contributed by atoms with van der Waals surface area (Å²) >= 11 is 6.46. The van der Waals surface area contributed by atoms with Gasteiger partial charge in [0, 0.05) is 12.2 Å². The van der Waals surface area contributed by atoms with Crippen molar-refractivity contribution in [2.45, 2.75) is 56.8 Å². The summed E-state index contributed by atoms with van der Waals surface area (Å²) < 4.78 is 13.4. The van der Waals surface area contributed by atoms with Crippen LogP contribution in [0.25, 0.3) is 0 Å². The van der Waals surface area contributed by atoms with E-state index < -0.39 is 0 Å². The minimum absolute atomic E-state index is 0.00881. The molecule has 1 aromatic heterocycles. The first-order chi connectivity index (χ1) is 14.6. The second kappa shape index (κ2) is 9.58. The largest absolute Gasteiger partial charge is 0.393 e. The highest BCUT2D eigenvalue weighted by molar-refractivity contribution is 6.31. The molecule has 1 fully saturated rings. The van der Waals surface area contributed by atoms with E-state index in [4.69, 9.17) is 11.6 Å². The summed E-state index contributed by atoms with van der Waals surface area (Å²) in [6, 6.07) is 8.78. The zero-order valence-electron chi connectivity index (χ0n) is 16.7. The minimum Gasteiger partial charge on any atom is -0.393 e. The normalized spacial score (nSPS) is 25.2. The molecule has 5 nitrogen and oxygen atoms in total. The Morgan fingerprint density at radius 3 is 2.87 bits per heavy atom. The van der Waals surface area contributed by atoms with Crippen LogP contribution in [-0.2, 0) is 6.54 Å². The highest BCUT2D eigenvalue weighted by Crippen LogP contribution is 2.30. The molecule has 2 aromatic rings. The average molecular weight is 429 g/mol. The van der Waals surface area contributed by atoms with Gasteiger partial charge in [0.05, 0.1) is 23.7 Å². The molecular weight excluding hydrogens is 403 g/mol. The van der Waals surface area contributed by atoms with Gasteiger partial charge in [0.1, 0.15) is 17.5 Å². The van der Waals surface area contributed by atoms with E-state index in [1.54, 1.807) is 12.3 Å². The maximum Gasteiger partial charge on any atom is 0.126 e. The number of aromatic nitrogens is 1. The molecule has 0 saturated heterocycles. The zero-order chi connectivity index (χ0) is 20.9. The average Bonchev–Trinajstić information content (AvgIpc) is 2.75. The minimum atomic E-state index is -0.256. The van der Waals surface area contributed by atoms with Crippen molar-refractivity contribution in [2.24, 2.45) is 4.99 Å². The quantitative estimate of drug-likeness (QED) is 0.641. The lowest BCUT2D eigenvalue weighted by Gasteiger charge is -2.27. The van der Waals surface area contributed by atoms with E-state index in [0.717, 1.165) is 54.9 Å². The van der Waals surface area contributed by atoms with Crippen molar-refractivity contribution in [1.82, 2.24) is 10.3 Å². The Morgan fingerprint density at radius 1 is 1.23 bits per heavy atom. The van der Waals surface area contributed by atoms with Crippen molar-refractivity contribution in [3.63, 3.8) is 0 Å². The summed E-state index contributed by atoms with van der Waals surface area (Å²) in [5.41, 5.74) is 1.79. The van der Waals surface area contributed by atoms with Crippen molar-refractivity contribution in [2.75, 3.05) is 5.32 Å².